The second-order valence-electron chi connectivity index (χ2n) is 6.48. The van der Waals surface area contributed by atoms with E-state index in [0.29, 0.717) is 13.1 Å². The smallest absolute Gasteiger partial charge is 0.228 e. The first kappa shape index (κ1) is 15.9. The molecule has 6 heteroatoms. The van der Waals surface area contributed by atoms with E-state index in [1.165, 1.54) is 11.0 Å². The summed E-state index contributed by atoms with van der Waals surface area (Å²) in [4.78, 5) is 27.8. The Balaban J connectivity index is 1.71. The Kier molecular flexibility index (Phi) is 4.35. The number of hydrogen-bond donors (Lipinski definition) is 1. The normalized spacial score (nSPS) is 24.6. The Bertz CT molecular complexity index is 634. The highest BCUT2D eigenvalue weighted by molar-refractivity contribution is 6.00. The van der Waals surface area contributed by atoms with Gasteiger partial charge in [0, 0.05) is 38.6 Å². The average molecular weight is 320 g/mol. The Morgan fingerprint density at radius 3 is 2.83 bits per heavy atom. The fraction of sp³-hybridized carbons (Fsp3) is 0.529. The maximum atomic E-state index is 14.1. The number of rotatable bonds is 3. The van der Waals surface area contributed by atoms with Crippen molar-refractivity contribution in [1.82, 2.24) is 4.90 Å². The third-order valence-corrected chi connectivity index (χ3v) is 4.72. The van der Waals surface area contributed by atoms with E-state index in [-0.39, 0.29) is 43.0 Å². The molecule has 5 nitrogen and oxygen atoms in total. The van der Waals surface area contributed by atoms with Gasteiger partial charge in [-0.05, 0) is 31.0 Å². The molecule has 124 valence electrons. The topological polar surface area (TPSA) is 60.9 Å². The quantitative estimate of drug-likeness (QED) is 0.914. The molecule has 2 fully saturated rings. The Morgan fingerprint density at radius 2 is 2.17 bits per heavy atom. The minimum atomic E-state index is -0.437. The molecule has 2 aliphatic heterocycles. The Morgan fingerprint density at radius 1 is 1.39 bits per heavy atom. The van der Waals surface area contributed by atoms with Crippen LogP contribution in [0.15, 0.2) is 18.2 Å². The van der Waals surface area contributed by atoms with Crippen LogP contribution in [0.25, 0.3) is 0 Å². The minimum absolute atomic E-state index is 0.0654. The van der Waals surface area contributed by atoms with Crippen molar-refractivity contribution in [1.29, 1.82) is 0 Å². The molecule has 2 aliphatic rings. The van der Waals surface area contributed by atoms with E-state index < -0.39 is 11.7 Å². The molecule has 0 radical (unpaired) electrons. The summed E-state index contributed by atoms with van der Waals surface area (Å²) in [6, 6.07) is 4.74. The SMILES string of the molecule is Cc1ccc(N2CC(C(=O)N3CCC(CO)C3)CC2=O)c(F)c1. The predicted octanol–water partition coefficient (Wildman–Crippen LogP) is 1.33. The summed E-state index contributed by atoms with van der Waals surface area (Å²) in [6.07, 6.45) is 0.908. The number of aliphatic hydroxyl groups is 1. The number of aliphatic hydroxyl groups excluding tert-OH is 1. The summed E-state index contributed by atoms with van der Waals surface area (Å²) < 4.78 is 14.1. The van der Waals surface area contributed by atoms with Crippen molar-refractivity contribution in [2.24, 2.45) is 11.8 Å². The average Bonchev–Trinajstić information content (AvgIpc) is 3.13. The lowest BCUT2D eigenvalue weighted by Crippen LogP contribution is -2.36. The maximum Gasteiger partial charge on any atom is 0.228 e. The standard InChI is InChI=1S/C17H21FN2O3/c1-11-2-3-15(14(18)6-11)20-9-13(7-16(20)22)17(23)19-5-4-12(8-19)10-21/h2-3,6,12-13,21H,4-5,7-10H2,1H3. The van der Waals surface area contributed by atoms with E-state index in [4.69, 9.17) is 0 Å². The van der Waals surface area contributed by atoms with E-state index in [9.17, 15) is 19.1 Å². The van der Waals surface area contributed by atoms with E-state index in [0.717, 1.165) is 12.0 Å². The molecule has 2 atom stereocenters. The summed E-state index contributed by atoms with van der Waals surface area (Å²) >= 11 is 0. The number of carbonyl (C=O) groups excluding carboxylic acids is 2. The van der Waals surface area contributed by atoms with Gasteiger partial charge in [0.2, 0.25) is 11.8 Å². The van der Waals surface area contributed by atoms with Crippen molar-refractivity contribution in [3.05, 3.63) is 29.6 Å². The van der Waals surface area contributed by atoms with Crippen molar-refractivity contribution < 1.29 is 19.1 Å². The van der Waals surface area contributed by atoms with Crippen molar-refractivity contribution in [3.63, 3.8) is 0 Å². The molecular formula is C17H21FN2O3. The lowest BCUT2D eigenvalue weighted by molar-refractivity contribution is -0.134. The van der Waals surface area contributed by atoms with Crippen molar-refractivity contribution >= 4 is 17.5 Å². The highest BCUT2D eigenvalue weighted by Gasteiger charge is 2.39. The van der Waals surface area contributed by atoms with Gasteiger partial charge in [-0.15, -0.1) is 0 Å². The minimum Gasteiger partial charge on any atom is -0.396 e. The number of halogens is 1. The van der Waals surface area contributed by atoms with Crippen LogP contribution in [-0.2, 0) is 9.59 Å². The summed E-state index contributed by atoms with van der Waals surface area (Å²) in [7, 11) is 0. The van der Waals surface area contributed by atoms with Gasteiger partial charge in [-0.25, -0.2) is 4.39 Å². The van der Waals surface area contributed by atoms with Crippen LogP contribution in [0.5, 0.6) is 0 Å². The van der Waals surface area contributed by atoms with E-state index in [1.807, 2.05) is 0 Å². The van der Waals surface area contributed by atoms with Crippen molar-refractivity contribution in [2.45, 2.75) is 19.8 Å². The summed E-state index contributed by atoms with van der Waals surface area (Å²) in [5, 5.41) is 9.17. The van der Waals surface area contributed by atoms with Crippen LogP contribution < -0.4 is 4.90 Å². The molecule has 23 heavy (non-hydrogen) atoms. The zero-order valence-electron chi connectivity index (χ0n) is 13.2. The number of hydrogen-bond acceptors (Lipinski definition) is 3. The van der Waals surface area contributed by atoms with Crippen LogP contribution >= 0.6 is 0 Å². The van der Waals surface area contributed by atoms with Crippen LogP contribution in [0.1, 0.15) is 18.4 Å². The highest BCUT2D eigenvalue weighted by Crippen LogP contribution is 2.30. The lowest BCUT2D eigenvalue weighted by atomic mass is 10.1. The van der Waals surface area contributed by atoms with E-state index >= 15 is 0 Å². The van der Waals surface area contributed by atoms with Crippen LogP contribution in [0.3, 0.4) is 0 Å². The first-order valence-electron chi connectivity index (χ1n) is 7.95. The number of carbonyl (C=O) groups is 2. The van der Waals surface area contributed by atoms with Gasteiger partial charge in [-0.2, -0.15) is 0 Å². The molecule has 1 aromatic rings. The van der Waals surface area contributed by atoms with Crippen LogP contribution in [0.4, 0.5) is 10.1 Å². The molecule has 2 amide bonds. The van der Waals surface area contributed by atoms with E-state index in [2.05, 4.69) is 0 Å². The molecule has 2 heterocycles. The zero-order valence-corrected chi connectivity index (χ0v) is 13.2. The third kappa shape index (κ3) is 3.08. The number of benzene rings is 1. The highest BCUT2D eigenvalue weighted by atomic mass is 19.1. The zero-order chi connectivity index (χ0) is 16.6. The van der Waals surface area contributed by atoms with Gasteiger partial charge in [-0.3, -0.25) is 9.59 Å². The van der Waals surface area contributed by atoms with Crippen LogP contribution in [-0.4, -0.2) is 48.1 Å². The molecule has 0 spiro atoms. The summed E-state index contributed by atoms with van der Waals surface area (Å²) in [5.41, 5.74) is 1.03. The number of anilines is 1. The van der Waals surface area contributed by atoms with E-state index in [1.54, 1.807) is 24.0 Å². The Labute approximate surface area is 134 Å². The Hall–Kier alpha value is -1.95. The second-order valence-corrected chi connectivity index (χ2v) is 6.48. The van der Waals surface area contributed by atoms with Gasteiger partial charge in [-0.1, -0.05) is 6.07 Å². The second kappa shape index (κ2) is 6.28. The molecule has 1 N–H and O–H groups in total. The van der Waals surface area contributed by atoms with Crippen LogP contribution in [0.2, 0.25) is 0 Å². The maximum absolute atomic E-state index is 14.1. The number of amides is 2. The molecule has 3 rings (SSSR count). The number of likely N-dealkylation sites (tertiary alicyclic amines) is 1. The molecule has 0 bridgehead atoms. The summed E-state index contributed by atoms with van der Waals surface area (Å²) in [5.74, 6) is -1.02. The number of nitrogens with zero attached hydrogens (tertiary/aromatic N) is 2. The first-order valence-corrected chi connectivity index (χ1v) is 7.95. The monoisotopic (exact) mass is 320 g/mol. The fourth-order valence-electron chi connectivity index (χ4n) is 3.38. The summed E-state index contributed by atoms with van der Waals surface area (Å²) in [6.45, 7) is 3.24. The van der Waals surface area contributed by atoms with Crippen molar-refractivity contribution in [3.8, 4) is 0 Å². The van der Waals surface area contributed by atoms with Gasteiger partial charge in [0.1, 0.15) is 5.82 Å². The molecule has 0 aromatic heterocycles. The largest absolute Gasteiger partial charge is 0.396 e. The van der Waals surface area contributed by atoms with Gasteiger partial charge in [0.15, 0.2) is 0 Å². The molecule has 0 aliphatic carbocycles. The molecular weight excluding hydrogens is 299 g/mol. The first-order chi connectivity index (χ1) is 11.0. The predicted molar refractivity (Wildman–Crippen MR) is 83.4 cm³/mol. The molecule has 2 unspecified atom stereocenters. The van der Waals surface area contributed by atoms with Gasteiger partial charge in [0.25, 0.3) is 0 Å². The van der Waals surface area contributed by atoms with Gasteiger partial charge >= 0.3 is 0 Å². The molecule has 0 saturated carbocycles. The van der Waals surface area contributed by atoms with Gasteiger partial charge in [0.05, 0.1) is 11.6 Å². The fourth-order valence-corrected chi connectivity index (χ4v) is 3.38. The third-order valence-electron chi connectivity index (χ3n) is 4.72. The molecule has 2 saturated heterocycles. The molecule has 1 aromatic carbocycles. The lowest BCUT2D eigenvalue weighted by Gasteiger charge is -2.21. The van der Waals surface area contributed by atoms with Gasteiger partial charge < -0.3 is 14.9 Å². The van der Waals surface area contributed by atoms with Crippen LogP contribution in [0, 0.1) is 24.6 Å². The number of aryl methyl sites for hydroxylation is 1. The van der Waals surface area contributed by atoms with Crippen molar-refractivity contribution in [2.75, 3.05) is 31.1 Å².